The van der Waals surface area contributed by atoms with Gasteiger partial charge in [-0.15, -0.1) is 10.1 Å². The fourth-order valence-electron chi connectivity index (χ4n) is 4.17. The number of esters is 1. The maximum absolute atomic E-state index is 14.2. The number of carbonyl (C=O) groups is 1. The van der Waals surface area contributed by atoms with Crippen molar-refractivity contribution in [3.05, 3.63) is 104 Å². The average Bonchev–Trinajstić information content (AvgIpc) is 3.09. The van der Waals surface area contributed by atoms with Gasteiger partial charge in [0, 0.05) is 39.4 Å². The minimum atomic E-state index is -1.09. The van der Waals surface area contributed by atoms with E-state index in [4.69, 9.17) is 4.74 Å². The van der Waals surface area contributed by atoms with Gasteiger partial charge in [0.2, 0.25) is 0 Å². The molecule has 1 heterocycles. The first-order chi connectivity index (χ1) is 17.6. The molecule has 8 nitrogen and oxygen atoms in total. The molecule has 1 aromatic heterocycles. The highest BCUT2D eigenvalue weighted by atomic mass is 32.2. The van der Waals surface area contributed by atoms with Crippen LogP contribution in [0.15, 0.2) is 65.2 Å². The van der Waals surface area contributed by atoms with Crippen LogP contribution >= 0.6 is 0 Å². The number of aromatic nitrogens is 1. The molecule has 0 bridgehead atoms. The van der Waals surface area contributed by atoms with E-state index in [1.807, 2.05) is 25.1 Å². The number of ether oxygens (including phenoxy) is 1. The van der Waals surface area contributed by atoms with Gasteiger partial charge in [0.1, 0.15) is 18.2 Å². The minimum Gasteiger partial charge on any atom is -0.426 e. The van der Waals surface area contributed by atoms with Crippen LogP contribution in [0.4, 0.5) is 4.39 Å². The Morgan fingerprint density at radius 3 is 2.54 bits per heavy atom. The molecule has 37 heavy (non-hydrogen) atoms. The van der Waals surface area contributed by atoms with E-state index in [-0.39, 0.29) is 17.7 Å². The summed E-state index contributed by atoms with van der Waals surface area (Å²) >= 11 is 0. The lowest BCUT2D eigenvalue weighted by Crippen LogP contribution is -2.12. The number of carbonyl (C=O) groups excluding carboxylic acids is 1. The number of nitrogens with zero attached hydrogens (tertiary/aromatic N) is 2. The summed E-state index contributed by atoms with van der Waals surface area (Å²) in [4.78, 5) is 32.9. The van der Waals surface area contributed by atoms with Crippen molar-refractivity contribution in [2.24, 2.45) is 0 Å². The molecule has 0 aliphatic heterocycles. The van der Waals surface area contributed by atoms with Gasteiger partial charge in [-0.25, -0.2) is 4.39 Å². The Hall–Kier alpha value is -4.18. The van der Waals surface area contributed by atoms with Gasteiger partial charge >= 0.3 is 5.97 Å². The van der Waals surface area contributed by atoms with E-state index in [1.54, 1.807) is 31.4 Å². The van der Waals surface area contributed by atoms with Crippen LogP contribution in [0.3, 0.4) is 0 Å². The number of pyridine rings is 1. The number of hydrogen-bond donors (Lipinski definition) is 0. The molecular formula is C27H23FN2O6S. The zero-order valence-corrected chi connectivity index (χ0v) is 21.1. The van der Waals surface area contributed by atoms with E-state index in [9.17, 15) is 23.5 Å². The third-order valence-electron chi connectivity index (χ3n) is 6.06. The SMILES string of the molecule is CC1=C(CC(=O)Oc2ccnc(C)c2CO[N+](=O)[O-])c2cc(F)ccc2C1=Cc1ccc(S(C)=O)cc1. The van der Waals surface area contributed by atoms with E-state index in [1.165, 1.54) is 24.4 Å². The Labute approximate surface area is 215 Å². The summed E-state index contributed by atoms with van der Waals surface area (Å²) in [6.07, 6.45) is 4.83. The first-order valence-electron chi connectivity index (χ1n) is 11.2. The van der Waals surface area contributed by atoms with Crippen molar-refractivity contribution in [2.45, 2.75) is 31.8 Å². The van der Waals surface area contributed by atoms with Crippen molar-refractivity contribution in [1.82, 2.24) is 4.98 Å². The Balaban J connectivity index is 1.65. The van der Waals surface area contributed by atoms with Gasteiger partial charge in [0.05, 0.1) is 6.42 Å². The summed E-state index contributed by atoms with van der Waals surface area (Å²) in [5.74, 6) is -0.940. The lowest BCUT2D eigenvalue weighted by atomic mass is 10.0. The summed E-state index contributed by atoms with van der Waals surface area (Å²) < 4.78 is 31.5. The van der Waals surface area contributed by atoms with Gasteiger partial charge in [0.25, 0.3) is 5.09 Å². The van der Waals surface area contributed by atoms with Gasteiger partial charge in [-0.3, -0.25) is 14.0 Å². The van der Waals surface area contributed by atoms with Crippen molar-refractivity contribution < 1.29 is 28.1 Å². The van der Waals surface area contributed by atoms with Gasteiger partial charge in [0.15, 0.2) is 0 Å². The van der Waals surface area contributed by atoms with Crippen LogP contribution in [0, 0.1) is 22.9 Å². The molecule has 190 valence electrons. The number of rotatable bonds is 8. The highest BCUT2D eigenvalue weighted by molar-refractivity contribution is 7.84. The van der Waals surface area contributed by atoms with Crippen molar-refractivity contribution in [3.63, 3.8) is 0 Å². The topological polar surface area (TPSA) is 109 Å². The van der Waals surface area contributed by atoms with Gasteiger partial charge in [-0.2, -0.15) is 0 Å². The molecule has 0 spiro atoms. The third kappa shape index (κ3) is 5.80. The van der Waals surface area contributed by atoms with Gasteiger partial charge < -0.3 is 9.57 Å². The maximum Gasteiger partial charge on any atom is 0.315 e. The summed E-state index contributed by atoms with van der Waals surface area (Å²) in [5, 5.41) is 9.70. The number of fused-ring (bicyclic) bond motifs is 1. The molecule has 10 heteroatoms. The predicted octanol–water partition coefficient (Wildman–Crippen LogP) is 5.30. The Bertz CT molecular complexity index is 1480. The Kier molecular flexibility index (Phi) is 7.58. The third-order valence-corrected chi connectivity index (χ3v) is 7.00. The molecule has 0 N–H and O–H groups in total. The summed E-state index contributed by atoms with van der Waals surface area (Å²) in [5.41, 5.74) is 5.20. The second-order valence-corrected chi connectivity index (χ2v) is 9.78. The predicted molar refractivity (Wildman–Crippen MR) is 137 cm³/mol. The molecule has 0 saturated carbocycles. The number of hydrogen-bond acceptors (Lipinski definition) is 7. The van der Waals surface area contributed by atoms with Crippen LogP contribution in [0.1, 0.15) is 41.3 Å². The summed E-state index contributed by atoms with van der Waals surface area (Å²) in [6, 6.07) is 13.1. The quantitative estimate of drug-likeness (QED) is 0.224. The largest absolute Gasteiger partial charge is 0.426 e. The second kappa shape index (κ2) is 10.8. The Morgan fingerprint density at radius 1 is 1.14 bits per heavy atom. The monoisotopic (exact) mass is 522 g/mol. The van der Waals surface area contributed by atoms with E-state index in [2.05, 4.69) is 9.82 Å². The van der Waals surface area contributed by atoms with Crippen LogP contribution < -0.4 is 4.74 Å². The first kappa shape index (κ1) is 25.9. The molecule has 1 atom stereocenters. The molecular weight excluding hydrogens is 499 g/mol. The lowest BCUT2D eigenvalue weighted by molar-refractivity contribution is -0.763. The van der Waals surface area contributed by atoms with Gasteiger partial charge in [-0.1, -0.05) is 18.2 Å². The zero-order valence-electron chi connectivity index (χ0n) is 20.3. The van der Waals surface area contributed by atoms with Crippen LogP contribution in [-0.4, -0.2) is 26.5 Å². The smallest absolute Gasteiger partial charge is 0.315 e. The van der Waals surface area contributed by atoms with E-state index < -0.39 is 34.3 Å². The number of halogens is 1. The molecule has 2 aromatic carbocycles. The van der Waals surface area contributed by atoms with Crippen LogP contribution in [0.2, 0.25) is 0 Å². The molecule has 0 saturated heterocycles. The number of aryl methyl sites for hydroxylation is 1. The molecule has 1 aliphatic carbocycles. The highest BCUT2D eigenvalue weighted by Crippen LogP contribution is 2.44. The first-order valence-corrected chi connectivity index (χ1v) is 12.8. The molecule has 0 radical (unpaired) electrons. The van der Waals surface area contributed by atoms with E-state index in [0.29, 0.717) is 21.7 Å². The minimum absolute atomic E-state index is 0.110. The fraction of sp³-hybridized carbons (Fsp3) is 0.185. The maximum atomic E-state index is 14.2. The van der Waals surface area contributed by atoms with Crippen molar-refractivity contribution in [2.75, 3.05) is 6.26 Å². The van der Waals surface area contributed by atoms with Crippen molar-refractivity contribution in [1.29, 1.82) is 0 Å². The molecule has 1 unspecified atom stereocenters. The summed E-state index contributed by atoms with van der Waals surface area (Å²) in [7, 11) is -1.09. The molecule has 1 aliphatic rings. The summed E-state index contributed by atoms with van der Waals surface area (Å²) in [6.45, 7) is 3.07. The second-order valence-electron chi connectivity index (χ2n) is 8.40. The lowest BCUT2D eigenvalue weighted by Gasteiger charge is -2.12. The molecule has 4 rings (SSSR count). The van der Waals surface area contributed by atoms with Crippen molar-refractivity contribution in [3.8, 4) is 5.75 Å². The van der Waals surface area contributed by atoms with Gasteiger partial charge in [-0.05, 0) is 83.7 Å². The zero-order chi connectivity index (χ0) is 26.7. The fourth-order valence-corrected chi connectivity index (χ4v) is 4.69. The van der Waals surface area contributed by atoms with Crippen molar-refractivity contribution >= 4 is 34.0 Å². The normalized spacial score (nSPS) is 14.4. The molecule has 3 aromatic rings. The van der Waals surface area contributed by atoms with Crippen LogP contribution in [0.25, 0.3) is 17.2 Å². The average molecular weight is 523 g/mol. The number of allylic oxidation sites excluding steroid dienone is 2. The standard InChI is InChI=1S/C27H23FN2O6S/c1-16-22(12-18-4-7-20(8-5-18)37(3)34)21-9-6-19(28)13-24(21)23(16)14-27(31)36-26-10-11-29-17(2)25(26)15-35-30(32)33/h4-13H,14-15H2,1-3H3. The van der Waals surface area contributed by atoms with Crippen LogP contribution in [0.5, 0.6) is 5.75 Å². The highest BCUT2D eigenvalue weighted by Gasteiger charge is 2.27. The molecule has 0 fully saturated rings. The van der Waals surface area contributed by atoms with E-state index >= 15 is 0 Å². The number of benzene rings is 2. The van der Waals surface area contributed by atoms with Crippen LogP contribution in [-0.2, 0) is 27.0 Å². The van der Waals surface area contributed by atoms with E-state index in [0.717, 1.165) is 22.3 Å². The Morgan fingerprint density at radius 2 is 1.86 bits per heavy atom. The molecule has 0 amide bonds.